The topological polar surface area (TPSA) is 62.7 Å². The molecule has 0 amide bonds. The van der Waals surface area contributed by atoms with Gasteiger partial charge >= 0.3 is 0 Å². The fourth-order valence-electron chi connectivity index (χ4n) is 0.705. The second-order valence-electron chi connectivity index (χ2n) is 1.92. The predicted molar refractivity (Wildman–Crippen MR) is 42.2 cm³/mol. The predicted octanol–water partition coefficient (Wildman–Crippen LogP) is 0.883. The van der Waals surface area contributed by atoms with Crippen LogP contribution in [-0.2, 0) is 0 Å². The second-order valence-corrected chi connectivity index (χ2v) is 1.92. The van der Waals surface area contributed by atoms with Crippen LogP contribution in [0, 0.1) is 11.3 Å². The van der Waals surface area contributed by atoms with Crippen molar-refractivity contribution in [3.63, 3.8) is 0 Å². The number of rotatable bonds is 1. The van der Waals surface area contributed by atoms with Crippen LogP contribution < -0.4 is 5.73 Å². The highest BCUT2D eigenvalue weighted by Gasteiger charge is 1.90. The molecule has 0 atom stereocenters. The Hall–Kier alpha value is -1.82. The Kier molecular flexibility index (Phi) is 2.24. The van der Waals surface area contributed by atoms with Crippen molar-refractivity contribution in [3.8, 4) is 6.07 Å². The normalized spacial score (nSPS) is 9.73. The first-order chi connectivity index (χ1) is 5.36. The summed E-state index contributed by atoms with van der Waals surface area (Å²) < 4.78 is 0. The lowest BCUT2D eigenvalue weighted by atomic mass is 10.3. The molecule has 2 N–H and O–H groups in total. The molecule has 11 heavy (non-hydrogen) atoms. The number of nitrogens with zero attached hydrogens (tertiary/aromatic N) is 2. The molecule has 0 aromatic carbocycles. The Morgan fingerprint density at radius 1 is 1.55 bits per heavy atom. The molecule has 0 aliphatic heterocycles. The molecule has 0 aliphatic rings. The minimum absolute atomic E-state index is 0.403. The molecule has 0 spiro atoms. The van der Waals surface area contributed by atoms with Crippen molar-refractivity contribution in [2.75, 3.05) is 0 Å². The first kappa shape index (κ1) is 7.29. The smallest absolute Gasteiger partial charge is 0.141 e. The van der Waals surface area contributed by atoms with E-state index in [9.17, 15) is 0 Å². The van der Waals surface area contributed by atoms with Crippen LogP contribution in [0.15, 0.2) is 24.4 Å². The van der Waals surface area contributed by atoms with E-state index in [1.54, 1.807) is 24.3 Å². The molecule has 1 aromatic rings. The number of nitrogens with two attached hydrogens (primary N) is 1. The van der Waals surface area contributed by atoms with Crippen molar-refractivity contribution in [2.24, 2.45) is 5.73 Å². The van der Waals surface area contributed by atoms with Gasteiger partial charge in [0, 0.05) is 0 Å². The maximum absolute atomic E-state index is 8.46. The Balaban J connectivity index is 3.03. The Labute approximate surface area is 64.8 Å². The standard InChI is InChI=1S/C8H7N3/c9-5-4-7-2-1-3-8(6-10)11-7/h1-5H,9H2/b5-4-. The zero-order valence-electron chi connectivity index (χ0n) is 5.86. The van der Waals surface area contributed by atoms with E-state index >= 15 is 0 Å². The van der Waals surface area contributed by atoms with E-state index in [2.05, 4.69) is 4.98 Å². The molecule has 0 saturated carbocycles. The van der Waals surface area contributed by atoms with Gasteiger partial charge in [-0.15, -0.1) is 0 Å². The highest BCUT2D eigenvalue weighted by Crippen LogP contribution is 1.98. The summed E-state index contributed by atoms with van der Waals surface area (Å²) in [5, 5.41) is 8.46. The van der Waals surface area contributed by atoms with Gasteiger partial charge in [-0.3, -0.25) is 0 Å². The number of nitriles is 1. The molecule has 0 unspecified atom stereocenters. The van der Waals surface area contributed by atoms with Crippen LogP contribution in [0.1, 0.15) is 11.4 Å². The molecule has 0 radical (unpaired) electrons. The van der Waals surface area contributed by atoms with Gasteiger partial charge in [0.2, 0.25) is 0 Å². The van der Waals surface area contributed by atoms with Crippen LogP contribution in [-0.4, -0.2) is 4.98 Å². The maximum Gasteiger partial charge on any atom is 0.141 e. The SMILES string of the molecule is N#Cc1cccc(/C=C\N)n1. The fraction of sp³-hybridized carbons (Fsp3) is 0. The van der Waals surface area contributed by atoms with Gasteiger partial charge in [-0.05, 0) is 24.4 Å². The first-order valence-electron chi connectivity index (χ1n) is 3.12. The monoisotopic (exact) mass is 145 g/mol. The summed E-state index contributed by atoms with van der Waals surface area (Å²) in [6.07, 6.45) is 3.03. The van der Waals surface area contributed by atoms with Crippen LogP contribution in [0.4, 0.5) is 0 Å². The second kappa shape index (κ2) is 3.37. The lowest BCUT2D eigenvalue weighted by molar-refractivity contribution is 1.24. The van der Waals surface area contributed by atoms with E-state index in [0.29, 0.717) is 11.4 Å². The van der Waals surface area contributed by atoms with Crippen molar-refractivity contribution in [3.05, 3.63) is 35.8 Å². The van der Waals surface area contributed by atoms with Crippen LogP contribution in [0.25, 0.3) is 6.08 Å². The zero-order chi connectivity index (χ0) is 8.10. The van der Waals surface area contributed by atoms with Crippen molar-refractivity contribution in [2.45, 2.75) is 0 Å². The largest absolute Gasteiger partial charge is 0.405 e. The molecule has 1 heterocycles. The highest BCUT2D eigenvalue weighted by atomic mass is 14.7. The molecule has 3 nitrogen and oxygen atoms in total. The highest BCUT2D eigenvalue weighted by molar-refractivity contribution is 5.44. The molecule has 0 bridgehead atoms. The van der Waals surface area contributed by atoms with Gasteiger partial charge in [0.15, 0.2) is 0 Å². The molecule has 54 valence electrons. The van der Waals surface area contributed by atoms with Gasteiger partial charge < -0.3 is 5.73 Å². The third-order valence-corrected chi connectivity index (χ3v) is 1.15. The van der Waals surface area contributed by atoms with Crippen molar-refractivity contribution in [1.29, 1.82) is 5.26 Å². The summed E-state index contributed by atoms with van der Waals surface area (Å²) in [5.41, 5.74) is 6.25. The Morgan fingerprint density at radius 2 is 2.36 bits per heavy atom. The number of hydrogen-bond acceptors (Lipinski definition) is 3. The number of hydrogen-bond donors (Lipinski definition) is 1. The van der Waals surface area contributed by atoms with Crippen LogP contribution in [0.2, 0.25) is 0 Å². The summed E-state index contributed by atoms with van der Waals surface area (Å²) >= 11 is 0. The summed E-state index contributed by atoms with van der Waals surface area (Å²) in [6.45, 7) is 0. The lowest BCUT2D eigenvalue weighted by Crippen LogP contribution is -1.86. The van der Waals surface area contributed by atoms with Crippen LogP contribution in [0.3, 0.4) is 0 Å². The van der Waals surface area contributed by atoms with Crippen molar-refractivity contribution < 1.29 is 0 Å². The Bertz CT molecular complexity index is 309. The number of aromatic nitrogens is 1. The minimum atomic E-state index is 0.403. The first-order valence-corrected chi connectivity index (χ1v) is 3.12. The van der Waals surface area contributed by atoms with E-state index < -0.39 is 0 Å². The quantitative estimate of drug-likeness (QED) is 0.638. The van der Waals surface area contributed by atoms with E-state index in [0.717, 1.165) is 0 Å². The molecule has 0 saturated heterocycles. The summed E-state index contributed by atoms with van der Waals surface area (Å²) in [6, 6.07) is 7.13. The van der Waals surface area contributed by atoms with Crippen molar-refractivity contribution in [1.82, 2.24) is 4.98 Å². The van der Waals surface area contributed by atoms with Gasteiger partial charge in [-0.1, -0.05) is 6.07 Å². The molecule has 1 rings (SSSR count). The van der Waals surface area contributed by atoms with Gasteiger partial charge in [0.1, 0.15) is 11.8 Å². The molecule has 0 aliphatic carbocycles. The van der Waals surface area contributed by atoms with E-state index in [1.807, 2.05) is 6.07 Å². The number of pyridine rings is 1. The fourth-order valence-corrected chi connectivity index (χ4v) is 0.705. The third kappa shape index (κ3) is 1.80. The van der Waals surface area contributed by atoms with Gasteiger partial charge in [0.25, 0.3) is 0 Å². The van der Waals surface area contributed by atoms with Gasteiger partial charge in [-0.2, -0.15) is 5.26 Å². The Morgan fingerprint density at radius 3 is 3.00 bits per heavy atom. The van der Waals surface area contributed by atoms with E-state index in [1.165, 1.54) is 6.20 Å². The molecular weight excluding hydrogens is 138 g/mol. The average Bonchev–Trinajstić information content (AvgIpc) is 2.06. The summed E-state index contributed by atoms with van der Waals surface area (Å²) in [4.78, 5) is 3.95. The molecule has 1 aromatic heterocycles. The van der Waals surface area contributed by atoms with Crippen molar-refractivity contribution >= 4 is 6.08 Å². The summed E-state index contributed by atoms with van der Waals surface area (Å²) in [5.74, 6) is 0. The van der Waals surface area contributed by atoms with E-state index in [-0.39, 0.29) is 0 Å². The van der Waals surface area contributed by atoms with E-state index in [4.69, 9.17) is 11.0 Å². The molecule has 0 fully saturated rings. The maximum atomic E-state index is 8.46. The molecular formula is C8H7N3. The minimum Gasteiger partial charge on any atom is -0.405 e. The average molecular weight is 145 g/mol. The van der Waals surface area contributed by atoms with Gasteiger partial charge in [-0.25, -0.2) is 4.98 Å². The summed E-state index contributed by atoms with van der Waals surface area (Å²) in [7, 11) is 0. The lowest BCUT2D eigenvalue weighted by Gasteiger charge is -1.90. The van der Waals surface area contributed by atoms with Crippen LogP contribution in [0.5, 0.6) is 0 Å². The van der Waals surface area contributed by atoms with Gasteiger partial charge in [0.05, 0.1) is 5.69 Å². The zero-order valence-corrected chi connectivity index (χ0v) is 5.86. The molecule has 3 heteroatoms. The third-order valence-electron chi connectivity index (χ3n) is 1.15. The van der Waals surface area contributed by atoms with Crippen LogP contribution >= 0.6 is 0 Å².